The second-order valence-electron chi connectivity index (χ2n) is 35.5. The number of fused-ring (bicyclic) bond motifs is 25. The third kappa shape index (κ3) is 12.0. The molecule has 0 unspecified atom stereocenters. The Morgan fingerprint density at radius 3 is 1.16 bits per heavy atom. The van der Waals surface area contributed by atoms with Crippen LogP contribution in [0.25, 0.3) is 275 Å². The lowest BCUT2D eigenvalue weighted by atomic mass is 9.96. The molecule has 23 aromatic carbocycles. The van der Waals surface area contributed by atoms with Gasteiger partial charge in [0.1, 0.15) is 0 Å². The first-order valence-corrected chi connectivity index (χ1v) is 46.3. The Balaban J connectivity index is 0.000000135. The molecule has 630 valence electrons. The van der Waals surface area contributed by atoms with E-state index in [2.05, 4.69) is 443 Å². The van der Waals surface area contributed by atoms with E-state index in [0.29, 0.717) is 34.9 Å². The zero-order chi connectivity index (χ0) is 89.2. The summed E-state index contributed by atoms with van der Waals surface area (Å²) >= 11 is 0. The van der Waals surface area contributed by atoms with Crippen molar-refractivity contribution in [3.05, 3.63) is 461 Å². The van der Waals surface area contributed by atoms with E-state index in [1.54, 1.807) is 0 Å². The predicted molar refractivity (Wildman–Crippen MR) is 567 cm³/mol. The molecule has 6 aromatic heterocycles. The van der Waals surface area contributed by atoms with E-state index in [-0.39, 0.29) is 0 Å². The van der Waals surface area contributed by atoms with Crippen molar-refractivity contribution in [3.8, 4) is 91.1 Å². The van der Waals surface area contributed by atoms with Crippen LogP contribution in [0.3, 0.4) is 0 Å². The van der Waals surface area contributed by atoms with Gasteiger partial charge in [0.05, 0.1) is 61.2 Å². The van der Waals surface area contributed by atoms with Gasteiger partial charge in [-0.05, 0) is 195 Å². The molecule has 0 atom stereocenters. The van der Waals surface area contributed by atoms with Gasteiger partial charge in [0.15, 0.2) is 34.9 Å². The number of benzene rings is 23. The van der Waals surface area contributed by atoms with E-state index in [1.807, 2.05) is 36.4 Å². The van der Waals surface area contributed by atoms with Crippen LogP contribution in [0.2, 0.25) is 0 Å². The summed E-state index contributed by atoms with van der Waals surface area (Å²) in [6.07, 6.45) is 0. The van der Waals surface area contributed by atoms with Gasteiger partial charge in [0.2, 0.25) is 0 Å². The molecule has 10 heteroatoms. The molecule has 29 rings (SSSR count). The summed E-state index contributed by atoms with van der Waals surface area (Å²) in [7, 11) is 0. The topological polar surface area (TPSA) is 97.1 Å². The summed E-state index contributed by atoms with van der Waals surface area (Å²) in [4.78, 5) is 31.3. The molecule has 0 amide bonds. The smallest absolute Gasteiger partial charge is 0.164 e. The lowest BCUT2D eigenvalue weighted by Crippen LogP contribution is -2.02. The lowest BCUT2D eigenvalue weighted by molar-refractivity contribution is 1.07. The van der Waals surface area contributed by atoms with Crippen molar-refractivity contribution in [2.45, 2.75) is 0 Å². The highest BCUT2D eigenvalue weighted by Crippen LogP contribution is 2.49. The lowest BCUT2D eigenvalue weighted by Gasteiger charge is -2.17. The number of aromatic nitrogens is 10. The average Bonchev–Trinajstić information content (AvgIpc) is 1.54. The number of para-hydroxylation sites is 3. The molecular formula is C126H76N10. The van der Waals surface area contributed by atoms with Gasteiger partial charge in [-0.3, -0.25) is 0 Å². The number of hydrogen-bond donors (Lipinski definition) is 0. The molecule has 0 saturated carbocycles. The fraction of sp³-hybridized carbons (Fsp3) is 0. The molecule has 0 N–H and O–H groups in total. The summed E-state index contributed by atoms with van der Waals surface area (Å²) in [5.41, 5.74) is 19.3. The van der Waals surface area contributed by atoms with Crippen molar-refractivity contribution in [2.75, 3.05) is 0 Å². The van der Waals surface area contributed by atoms with Crippen molar-refractivity contribution in [1.29, 1.82) is 0 Å². The second kappa shape index (κ2) is 30.6. The van der Waals surface area contributed by atoms with Gasteiger partial charge < -0.3 is 18.3 Å². The van der Waals surface area contributed by atoms with Gasteiger partial charge in [-0.25, -0.2) is 29.9 Å². The Kier molecular flexibility index (Phi) is 17.2. The molecule has 0 aliphatic rings. The highest BCUT2D eigenvalue weighted by Gasteiger charge is 2.28. The fourth-order valence-electron chi connectivity index (χ4n) is 21.9. The van der Waals surface area contributed by atoms with E-state index >= 15 is 0 Å². The Bertz CT molecular complexity index is 10100. The molecule has 0 bridgehead atoms. The van der Waals surface area contributed by atoms with Crippen LogP contribution in [0, 0.1) is 0 Å². The predicted octanol–water partition coefficient (Wildman–Crippen LogP) is 32.5. The van der Waals surface area contributed by atoms with Gasteiger partial charge in [-0.15, -0.1) is 0 Å². The number of hydrogen-bond acceptors (Lipinski definition) is 6. The van der Waals surface area contributed by atoms with Crippen LogP contribution in [0.4, 0.5) is 0 Å². The van der Waals surface area contributed by atoms with Crippen LogP contribution in [0.15, 0.2) is 461 Å². The molecule has 0 aliphatic heterocycles. The molecule has 6 heterocycles. The van der Waals surface area contributed by atoms with Crippen LogP contribution in [-0.4, -0.2) is 48.2 Å². The highest BCUT2D eigenvalue weighted by atomic mass is 15.1. The first-order chi connectivity index (χ1) is 67.5. The van der Waals surface area contributed by atoms with E-state index in [1.165, 1.54) is 135 Å². The summed E-state index contributed by atoms with van der Waals surface area (Å²) in [5, 5.41) is 31.2. The van der Waals surface area contributed by atoms with Gasteiger partial charge in [-0.2, -0.15) is 0 Å². The molecule has 0 aliphatic carbocycles. The highest BCUT2D eigenvalue weighted by molar-refractivity contribution is 6.27. The molecule has 10 nitrogen and oxygen atoms in total. The monoisotopic (exact) mass is 1730 g/mol. The normalized spacial score (nSPS) is 12.0. The Morgan fingerprint density at radius 2 is 0.529 bits per heavy atom. The van der Waals surface area contributed by atoms with Crippen molar-refractivity contribution >= 4 is 184 Å². The van der Waals surface area contributed by atoms with E-state index in [0.717, 1.165) is 105 Å². The van der Waals surface area contributed by atoms with Gasteiger partial charge in [0, 0.05) is 92.9 Å². The van der Waals surface area contributed by atoms with Crippen LogP contribution in [-0.2, 0) is 0 Å². The van der Waals surface area contributed by atoms with E-state index in [4.69, 9.17) is 29.9 Å². The van der Waals surface area contributed by atoms with Crippen molar-refractivity contribution < 1.29 is 0 Å². The minimum atomic E-state index is 0.621. The maximum atomic E-state index is 5.41. The number of rotatable bonds is 10. The summed E-state index contributed by atoms with van der Waals surface area (Å²) in [6.45, 7) is 0. The molecule has 29 aromatic rings. The maximum Gasteiger partial charge on any atom is 0.164 e. The van der Waals surface area contributed by atoms with Crippen LogP contribution < -0.4 is 0 Å². The van der Waals surface area contributed by atoms with Crippen LogP contribution >= 0.6 is 0 Å². The molecule has 0 radical (unpaired) electrons. The van der Waals surface area contributed by atoms with Crippen LogP contribution in [0.5, 0.6) is 0 Å². The largest absolute Gasteiger partial charge is 0.309 e. The Labute approximate surface area is 779 Å². The second-order valence-corrected chi connectivity index (χ2v) is 35.5. The van der Waals surface area contributed by atoms with Crippen molar-refractivity contribution in [2.24, 2.45) is 0 Å². The van der Waals surface area contributed by atoms with Crippen molar-refractivity contribution in [3.63, 3.8) is 0 Å². The molecule has 136 heavy (non-hydrogen) atoms. The molecular weight excluding hydrogens is 1650 g/mol. The summed E-state index contributed by atoms with van der Waals surface area (Å²) in [6, 6.07) is 166. The zero-order valence-corrected chi connectivity index (χ0v) is 73.4. The maximum absolute atomic E-state index is 5.41. The summed E-state index contributed by atoms with van der Waals surface area (Å²) < 4.78 is 9.93. The average molecular weight is 1730 g/mol. The Morgan fingerprint density at radius 1 is 0.147 bits per heavy atom. The SMILES string of the molecule is c1ccc(-c2nc(-c3ccc(-n4c5cc6ccccc6cc5c5c(-n6c7ccccc7c7c8ccccc8ccc76)cccc54)c4ccccc34)nc(-c3cc4ccccc4c4ccccc34)n2)cc1.c1ccc(-c2nc(-c3ccc(-n4c5ccccc5c5cc6ccccc6c(-n6c7ccccc7c7c8ccccc8ccc76)c54)cc3)nc(-c3ccc4c(ccc5ccccc54)c3)n2)cc1. The van der Waals surface area contributed by atoms with Gasteiger partial charge in [0.25, 0.3) is 0 Å². The third-order valence-electron chi connectivity index (χ3n) is 28.0. The Hall–Kier alpha value is -18.4. The minimum absolute atomic E-state index is 0.621. The van der Waals surface area contributed by atoms with E-state index in [9.17, 15) is 0 Å². The van der Waals surface area contributed by atoms with Gasteiger partial charge >= 0.3 is 0 Å². The van der Waals surface area contributed by atoms with Crippen LogP contribution in [0.1, 0.15) is 0 Å². The van der Waals surface area contributed by atoms with E-state index < -0.39 is 0 Å². The quantitative estimate of drug-likeness (QED) is 0.127. The summed E-state index contributed by atoms with van der Waals surface area (Å²) in [5.74, 6) is 3.78. The molecule has 0 saturated heterocycles. The number of nitrogens with zero attached hydrogens (tertiary/aromatic N) is 10. The fourth-order valence-corrected chi connectivity index (χ4v) is 21.9. The minimum Gasteiger partial charge on any atom is -0.309 e. The molecule has 0 spiro atoms. The molecule has 0 fully saturated rings. The third-order valence-corrected chi connectivity index (χ3v) is 28.0. The van der Waals surface area contributed by atoms with Crippen molar-refractivity contribution in [1.82, 2.24) is 48.2 Å². The zero-order valence-electron chi connectivity index (χ0n) is 73.4. The first-order valence-electron chi connectivity index (χ1n) is 46.3. The standard InChI is InChI=1S/C65H39N5.C61H37N5/c1-2-18-41(19-3-1)63-66-64(68-65(67-63)53-38-44-22-7-8-23-45(44)47-25-10-11-26-48(47)53)51-34-36-56(50-28-13-12-27-49(50)51)70-58-32-16-31-57(62(58)54-37-42-20-4-5-21-43(42)39-60(54)70)69-55-30-15-14-29-52(55)61-46-24-9-6-17-40(46)33-35-59(61)69;1-2-16-40(17-3-1)59-62-60(64-61(63-59)44-30-34-47-43(36-44)27-26-38-14-4-7-19-46(38)47)41-28-32-45(33-29-41)65-53-24-12-10-22-50(53)52-37-42-18-6-9-21-49(42)57(58(52)65)66-54-25-13-11-23-51(54)56-48-20-8-5-15-39(48)31-35-55(56)66/h1-39H;1-37H. The first kappa shape index (κ1) is 76.5. The van der Waals surface area contributed by atoms with Gasteiger partial charge in [-0.1, -0.05) is 352 Å².